The van der Waals surface area contributed by atoms with E-state index >= 15 is 0 Å². The number of hydrogen-bond acceptors (Lipinski definition) is 6. The molecule has 3 aromatic rings. The first-order chi connectivity index (χ1) is 15.2. The van der Waals surface area contributed by atoms with Crippen molar-refractivity contribution in [2.75, 3.05) is 13.1 Å². The number of aryl methyl sites for hydroxylation is 1. The first-order valence-electron chi connectivity index (χ1n) is 10.9. The molecule has 5 rings (SSSR count). The minimum absolute atomic E-state index is 0.0223. The highest BCUT2D eigenvalue weighted by atomic mass is 16.5. The van der Waals surface area contributed by atoms with Gasteiger partial charge in [0.05, 0.1) is 12.0 Å². The minimum Gasteiger partial charge on any atom is -0.360 e. The molecule has 0 bridgehead atoms. The molecule has 0 N–H and O–H groups in total. The third kappa shape index (κ3) is 4.02. The van der Waals surface area contributed by atoms with Gasteiger partial charge in [0.15, 0.2) is 5.69 Å². The summed E-state index contributed by atoms with van der Waals surface area (Å²) in [6.45, 7) is 1.95. The van der Waals surface area contributed by atoms with Gasteiger partial charge in [0, 0.05) is 55.6 Å². The van der Waals surface area contributed by atoms with Crippen LogP contribution in [0.5, 0.6) is 0 Å². The van der Waals surface area contributed by atoms with E-state index in [1.807, 2.05) is 17.0 Å². The van der Waals surface area contributed by atoms with Crippen LogP contribution in [0.25, 0.3) is 11.3 Å². The third-order valence-electron chi connectivity index (χ3n) is 6.36. The molecule has 8 heteroatoms. The van der Waals surface area contributed by atoms with Crippen LogP contribution in [-0.4, -0.2) is 43.6 Å². The molecule has 1 saturated heterocycles. The van der Waals surface area contributed by atoms with Gasteiger partial charge in [-0.1, -0.05) is 5.16 Å². The van der Waals surface area contributed by atoms with E-state index in [0.29, 0.717) is 36.9 Å². The molecule has 0 spiro atoms. The Bertz CT molecular complexity index is 1130. The summed E-state index contributed by atoms with van der Waals surface area (Å²) in [4.78, 5) is 35.8. The largest absolute Gasteiger partial charge is 0.360 e. The minimum atomic E-state index is -0.0606. The van der Waals surface area contributed by atoms with Crippen LogP contribution in [0.3, 0.4) is 0 Å². The highest BCUT2D eigenvalue weighted by molar-refractivity contribution is 5.94. The summed E-state index contributed by atoms with van der Waals surface area (Å²) in [5, 5.41) is 4.08. The number of fused-ring (bicyclic) bond motifs is 1. The molecular weight excluding hydrogens is 394 g/mol. The summed E-state index contributed by atoms with van der Waals surface area (Å²) >= 11 is 0. The molecular formula is C23H25N5O3. The Morgan fingerprint density at radius 3 is 2.68 bits per heavy atom. The fourth-order valence-electron chi connectivity index (χ4n) is 4.54. The molecule has 0 atom stereocenters. The van der Waals surface area contributed by atoms with Crippen LogP contribution in [0, 0.1) is 5.92 Å². The number of nitrogens with zero attached hydrogens (tertiary/aromatic N) is 5. The van der Waals surface area contributed by atoms with E-state index in [0.717, 1.165) is 55.4 Å². The Morgan fingerprint density at radius 2 is 1.90 bits per heavy atom. The molecule has 2 aliphatic rings. The van der Waals surface area contributed by atoms with Gasteiger partial charge in [0.2, 0.25) is 0 Å². The van der Waals surface area contributed by atoms with Crippen molar-refractivity contribution in [2.45, 2.75) is 45.1 Å². The van der Waals surface area contributed by atoms with Crippen molar-refractivity contribution >= 4 is 5.91 Å². The maximum Gasteiger partial charge on any atom is 0.276 e. The Labute approximate surface area is 179 Å². The number of pyridine rings is 1. The summed E-state index contributed by atoms with van der Waals surface area (Å²) in [6.07, 6.45) is 10.6. The van der Waals surface area contributed by atoms with Crippen molar-refractivity contribution < 1.29 is 9.32 Å². The van der Waals surface area contributed by atoms with Gasteiger partial charge >= 0.3 is 0 Å². The normalized spacial score (nSPS) is 16.8. The van der Waals surface area contributed by atoms with Crippen molar-refractivity contribution in [1.29, 1.82) is 0 Å². The monoisotopic (exact) mass is 419 g/mol. The third-order valence-corrected chi connectivity index (χ3v) is 6.36. The SMILES string of the molecule is O=C(c1noc2c1CCCC2)N1CCC(Cn2cnc(-c3ccncc3)cc2=O)CC1. The summed E-state index contributed by atoms with van der Waals surface area (Å²) in [7, 11) is 0. The quantitative estimate of drug-likeness (QED) is 0.645. The van der Waals surface area contributed by atoms with Crippen LogP contribution in [0.1, 0.15) is 47.5 Å². The first-order valence-corrected chi connectivity index (χ1v) is 10.9. The fourth-order valence-corrected chi connectivity index (χ4v) is 4.54. The Kier molecular flexibility index (Phi) is 5.36. The average Bonchev–Trinajstić information content (AvgIpc) is 3.25. The fraction of sp³-hybridized carbons (Fsp3) is 0.435. The average molecular weight is 419 g/mol. The summed E-state index contributed by atoms with van der Waals surface area (Å²) in [6, 6.07) is 5.25. The molecule has 1 fully saturated rings. The van der Waals surface area contributed by atoms with Gasteiger partial charge in [0.1, 0.15) is 5.76 Å². The van der Waals surface area contributed by atoms with Gasteiger partial charge in [-0.15, -0.1) is 0 Å². The van der Waals surface area contributed by atoms with E-state index in [4.69, 9.17) is 4.52 Å². The lowest BCUT2D eigenvalue weighted by Gasteiger charge is -2.32. The summed E-state index contributed by atoms with van der Waals surface area (Å²) < 4.78 is 7.08. The maximum absolute atomic E-state index is 13.0. The Morgan fingerprint density at radius 1 is 1.13 bits per heavy atom. The van der Waals surface area contributed by atoms with Crippen molar-refractivity contribution in [2.24, 2.45) is 5.92 Å². The number of piperidine rings is 1. The lowest BCUT2D eigenvalue weighted by Crippen LogP contribution is -2.40. The molecule has 160 valence electrons. The molecule has 1 amide bonds. The molecule has 31 heavy (non-hydrogen) atoms. The van der Waals surface area contributed by atoms with Crippen LogP contribution >= 0.6 is 0 Å². The van der Waals surface area contributed by atoms with Gasteiger partial charge < -0.3 is 9.42 Å². The second kappa shape index (κ2) is 8.45. The lowest BCUT2D eigenvalue weighted by molar-refractivity contribution is 0.0671. The summed E-state index contributed by atoms with van der Waals surface area (Å²) in [5.74, 6) is 1.19. The molecule has 1 aliphatic heterocycles. The second-order valence-corrected chi connectivity index (χ2v) is 8.38. The number of amides is 1. The van der Waals surface area contributed by atoms with Gasteiger partial charge in [-0.2, -0.15) is 0 Å². The Hall–Kier alpha value is -3.29. The predicted octanol–water partition coefficient (Wildman–Crippen LogP) is 2.72. The molecule has 0 radical (unpaired) electrons. The highest BCUT2D eigenvalue weighted by Gasteiger charge is 2.30. The highest BCUT2D eigenvalue weighted by Crippen LogP contribution is 2.27. The van der Waals surface area contributed by atoms with Crippen molar-refractivity contribution in [3.05, 3.63) is 64.3 Å². The zero-order valence-electron chi connectivity index (χ0n) is 17.4. The zero-order valence-corrected chi connectivity index (χ0v) is 17.4. The van der Waals surface area contributed by atoms with Gasteiger partial charge in [-0.25, -0.2) is 4.98 Å². The van der Waals surface area contributed by atoms with Crippen LogP contribution in [0.15, 0.2) is 46.2 Å². The van der Waals surface area contributed by atoms with Crippen molar-refractivity contribution in [3.8, 4) is 11.3 Å². The van der Waals surface area contributed by atoms with E-state index in [2.05, 4.69) is 15.1 Å². The van der Waals surface area contributed by atoms with E-state index in [-0.39, 0.29) is 11.5 Å². The lowest BCUT2D eigenvalue weighted by atomic mass is 9.94. The van der Waals surface area contributed by atoms with E-state index in [1.54, 1.807) is 29.4 Å². The van der Waals surface area contributed by atoms with Gasteiger partial charge in [-0.05, 0) is 50.2 Å². The molecule has 0 aromatic carbocycles. The van der Waals surface area contributed by atoms with E-state index < -0.39 is 0 Å². The van der Waals surface area contributed by atoms with Crippen LogP contribution in [0.4, 0.5) is 0 Å². The van der Waals surface area contributed by atoms with Crippen LogP contribution in [0.2, 0.25) is 0 Å². The van der Waals surface area contributed by atoms with Crippen LogP contribution in [-0.2, 0) is 19.4 Å². The topological polar surface area (TPSA) is 94.1 Å². The molecule has 0 unspecified atom stereocenters. The number of hydrogen-bond donors (Lipinski definition) is 0. The van der Waals surface area contributed by atoms with Gasteiger partial charge in [-0.3, -0.25) is 19.1 Å². The second-order valence-electron chi connectivity index (χ2n) is 8.38. The molecule has 3 aromatic heterocycles. The van der Waals surface area contributed by atoms with Crippen molar-refractivity contribution in [1.82, 2.24) is 24.6 Å². The van der Waals surface area contributed by atoms with E-state index in [1.165, 1.54) is 0 Å². The zero-order chi connectivity index (χ0) is 21.2. The number of rotatable bonds is 4. The molecule has 4 heterocycles. The van der Waals surface area contributed by atoms with Gasteiger partial charge in [0.25, 0.3) is 11.5 Å². The predicted molar refractivity (Wildman–Crippen MR) is 114 cm³/mol. The van der Waals surface area contributed by atoms with Crippen molar-refractivity contribution in [3.63, 3.8) is 0 Å². The Balaban J connectivity index is 1.21. The number of carbonyl (C=O) groups excluding carboxylic acids is 1. The number of likely N-dealkylation sites (tertiary alicyclic amines) is 1. The standard InChI is InChI=1S/C23H25N5O3/c29-21-13-19(17-5-9-24-10-6-17)25-15-28(21)14-16-7-11-27(12-8-16)23(30)22-18-3-1-2-4-20(18)31-26-22/h5-6,9-10,13,15-16H,1-4,7-8,11-12,14H2. The maximum atomic E-state index is 13.0. The number of carbonyl (C=O) groups is 1. The summed E-state index contributed by atoms with van der Waals surface area (Å²) in [5.41, 5.74) is 2.97. The molecule has 0 saturated carbocycles. The van der Waals surface area contributed by atoms with E-state index in [9.17, 15) is 9.59 Å². The molecule has 1 aliphatic carbocycles. The molecule has 8 nitrogen and oxygen atoms in total. The first kappa shape index (κ1) is 19.7. The van der Waals surface area contributed by atoms with Crippen LogP contribution < -0.4 is 5.56 Å². The number of aromatic nitrogens is 4. The smallest absolute Gasteiger partial charge is 0.276 e.